The molecule has 0 aliphatic rings. The van der Waals surface area contributed by atoms with Gasteiger partial charge < -0.3 is 5.11 Å². The fourth-order valence-corrected chi connectivity index (χ4v) is 1.73. The van der Waals surface area contributed by atoms with Crippen molar-refractivity contribution in [1.29, 1.82) is 0 Å². The molecule has 0 spiro atoms. The van der Waals surface area contributed by atoms with Crippen molar-refractivity contribution >= 4 is 11.6 Å². The Balaban J connectivity index is 2.69. The third-order valence-electron chi connectivity index (χ3n) is 2.44. The SMILES string of the molecule is CC(C)(C)CCC(O)c1cc(F)cc(Cl)c1. The van der Waals surface area contributed by atoms with E-state index in [4.69, 9.17) is 11.6 Å². The van der Waals surface area contributed by atoms with Gasteiger partial charge in [0.1, 0.15) is 5.82 Å². The first-order chi connectivity index (χ1) is 7.28. The van der Waals surface area contributed by atoms with Gasteiger partial charge in [-0.05, 0) is 42.0 Å². The summed E-state index contributed by atoms with van der Waals surface area (Å²) in [6.45, 7) is 6.33. The monoisotopic (exact) mass is 244 g/mol. The molecule has 0 aromatic heterocycles. The van der Waals surface area contributed by atoms with Gasteiger partial charge in [0.25, 0.3) is 0 Å². The van der Waals surface area contributed by atoms with Crippen LogP contribution in [0.2, 0.25) is 5.02 Å². The van der Waals surface area contributed by atoms with Crippen molar-refractivity contribution in [3.63, 3.8) is 0 Å². The van der Waals surface area contributed by atoms with Gasteiger partial charge in [-0.3, -0.25) is 0 Å². The van der Waals surface area contributed by atoms with Gasteiger partial charge in [-0.1, -0.05) is 32.4 Å². The van der Waals surface area contributed by atoms with E-state index in [1.54, 1.807) is 6.07 Å². The standard InChI is InChI=1S/C13H18ClFO/c1-13(2,3)5-4-12(16)9-6-10(14)8-11(15)7-9/h6-8,12,16H,4-5H2,1-3H3. The van der Waals surface area contributed by atoms with Crippen LogP contribution in [0.25, 0.3) is 0 Å². The van der Waals surface area contributed by atoms with Crippen LogP contribution in [0.15, 0.2) is 18.2 Å². The normalized spacial score (nSPS) is 13.9. The molecule has 1 aromatic carbocycles. The molecule has 16 heavy (non-hydrogen) atoms. The van der Waals surface area contributed by atoms with Gasteiger partial charge >= 0.3 is 0 Å². The van der Waals surface area contributed by atoms with Crippen molar-refractivity contribution in [3.8, 4) is 0 Å². The van der Waals surface area contributed by atoms with Gasteiger partial charge in [-0.15, -0.1) is 0 Å². The Morgan fingerprint density at radius 1 is 1.31 bits per heavy atom. The Bertz CT molecular complexity index is 337. The number of hydrogen-bond donors (Lipinski definition) is 1. The van der Waals surface area contributed by atoms with E-state index in [0.29, 0.717) is 17.0 Å². The second-order valence-electron chi connectivity index (χ2n) is 5.32. The van der Waals surface area contributed by atoms with Crippen molar-refractivity contribution in [1.82, 2.24) is 0 Å². The molecule has 0 saturated carbocycles. The maximum atomic E-state index is 13.1. The number of hydrogen-bond acceptors (Lipinski definition) is 1. The van der Waals surface area contributed by atoms with Crippen LogP contribution in [0.5, 0.6) is 0 Å². The van der Waals surface area contributed by atoms with E-state index in [1.165, 1.54) is 12.1 Å². The zero-order valence-electron chi connectivity index (χ0n) is 9.93. The van der Waals surface area contributed by atoms with Crippen LogP contribution in [-0.2, 0) is 0 Å². The summed E-state index contributed by atoms with van der Waals surface area (Å²) in [6, 6.07) is 4.18. The minimum Gasteiger partial charge on any atom is -0.388 e. The summed E-state index contributed by atoms with van der Waals surface area (Å²) >= 11 is 5.73. The maximum absolute atomic E-state index is 13.1. The Labute approximate surface area is 101 Å². The highest BCUT2D eigenvalue weighted by Crippen LogP contribution is 2.28. The average molecular weight is 245 g/mol. The van der Waals surface area contributed by atoms with Crippen molar-refractivity contribution < 1.29 is 9.50 Å². The fraction of sp³-hybridized carbons (Fsp3) is 0.538. The van der Waals surface area contributed by atoms with Gasteiger partial charge in [0.15, 0.2) is 0 Å². The van der Waals surface area contributed by atoms with Gasteiger partial charge in [0, 0.05) is 5.02 Å². The molecule has 1 aromatic rings. The first kappa shape index (κ1) is 13.5. The van der Waals surface area contributed by atoms with Crippen molar-refractivity contribution in [2.45, 2.75) is 39.7 Å². The molecule has 0 heterocycles. The lowest BCUT2D eigenvalue weighted by Gasteiger charge is -2.20. The molecule has 1 unspecified atom stereocenters. The van der Waals surface area contributed by atoms with E-state index >= 15 is 0 Å². The van der Waals surface area contributed by atoms with Crippen LogP contribution in [-0.4, -0.2) is 5.11 Å². The lowest BCUT2D eigenvalue weighted by Crippen LogP contribution is -2.08. The van der Waals surface area contributed by atoms with E-state index < -0.39 is 11.9 Å². The first-order valence-corrected chi connectivity index (χ1v) is 5.80. The second-order valence-corrected chi connectivity index (χ2v) is 5.75. The van der Waals surface area contributed by atoms with Crippen LogP contribution < -0.4 is 0 Å². The topological polar surface area (TPSA) is 20.2 Å². The number of benzene rings is 1. The Hall–Kier alpha value is -0.600. The molecule has 0 bridgehead atoms. The predicted molar refractivity (Wildman–Crippen MR) is 65.1 cm³/mol. The average Bonchev–Trinajstić information content (AvgIpc) is 2.11. The highest BCUT2D eigenvalue weighted by molar-refractivity contribution is 6.30. The predicted octanol–water partition coefficient (Wildman–Crippen LogP) is 4.34. The minimum absolute atomic E-state index is 0.165. The fourth-order valence-electron chi connectivity index (χ4n) is 1.50. The minimum atomic E-state index is -0.646. The van der Waals surface area contributed by atoms with Crippen LogP contribution in [0.4, 0.5) is 4.39 Å². The molecule has 1 nitrogen and oxygen atoms in total. The van der Waals surface area contributed by atoms with E-state index in [0.717, 1.165) is 6.42 Å². The zero-order valence-corrected chi connectivity index (χ0v) is 10.7. The molecule has 1 N–H and O–H groups in total. The van der Waals surface area contributed by atoms with E-state index in [9.17, 15) is 9.50 Å². The van der Waals surface area contributed by atoms with Crippen LogP contribution in [0.3, 0.4) is 0 Å². The molecule has 90 valence electrons. The number of aliphatic hydroxyl groups excluding tert-OH is 1. The molecule has 1 rings (SSSR count). The van der Waals surface area contributed by atoms with Gasteiger partial charge in [-0.25, -0.2) is 4.39 Å². The summed E-state index contributed by atoms with van der Waals surface area (Å²) in [4.78, 5) is 0. The largest absolute Gasteiger partial charge is 0.388 e. The molecule has 0 aliphatic heterocycles. The van der Waals surface area contributed by atoms with Crippen LogP contribution >= 0.6 is 11.6 Å². The summed E-state index contributed by atoms with van der Waals surface area (Å²) in [5.41, 5.74) is 0.715. The first-order valence-electron chi connectivity index (χ1n) is 5.42. The van der Waals surface area contributed by atoms with E-state index in [1.807, 2.05) is 0 Å². The Kier molecular flexibility index (Phi) is 4.34. The number of rotatable bonds is 3. The Morgan fingerprint density at radius 2 is 1.94 bits per heavy atom. The van der Waals surface area contributed by atoms with E-state index in [-0.39, 0.29) is 5.41 Å². The maximum Gasteiger partial charge on any atom is 0.125 e. The zero-order chi connectivity index (χ0) is 12.3. The molecule has 0 amide bonds. The quantitative estimate of drug-likeness (QED) is 0.839. The molecule has 1 atom stereocenters. The van der Waals surface area contributed by atoms with Crippen LogP contribution in [0, 0.1) is 11.2 Å². The third-order valence-corrected chi connectivity index (χ3v) is 2.66. The van der Waals surface area contributed by atoms with Gasteiger partial charge in [0.2, 0.25) is 0 Å². The lowest BCUT2D eigenvalue weighted by molar-refractivity contribution is 0.147. The van der Waals surface area contributed by atoms with Crippen molar-refractivity contribution in [2.24, 2.45) is 5.41 Å². The van der Waals surface area contributed by atoms with E-state index in [2.05, 4.69) is 20.8 Å². The lowest BCUT2D eigenvalue weighted by atomic mass is 9.88. The summed E-state index contributed by atoms with van der Waals surface area (Å²) in [7, 11) is 0. The van der Waals surface area contributed by atoms with Crippen molar-refractivity contribution in [2.75, 3.05) is 0 Å². The van der Waals surface area contributed by atoms with Gasteiger partial charge in [-0.2, -0.15) is 0 Å². The summed E-state index contributed by atoms with van der Waals surface area (Å²) in [5.74, 6) is -0.405. The molecular weight excluding hydrogens is 227 g/mol. The summed E-state index contributed by atoms with van der Waals surface area (Å²) in [5, 5.41) is 10.2. The molecular formula is C13H18ClFO. The number of aliphatic hydroxyl groups is 1. The molecule has 0 aliphatic carbocycles. The Morgan fingerprint density at radius 3 is 2.44 bits per heavy atom. The third kappa shape index (κ3) is 4.50. The summed E-state index contributed by atoms with van der Waals surface area (Å²) in [6.07, 6.45) is 0.846. The molecule has 0 radical (unpaired) electrons. The summed E-state index contributed by atoms with van der Waals surface area (Å²) < 4.78 is 13.1. The highest BCUT2D eigenvalue weighted by atomic mass is 35.5. The van der Waals surface area contributed by atoms with Crippen LogP contribution in [0.1, 0.15) is 45.3 Å². The molecule has 3 heteroatoms. The molecule has 0 fully saturated rings. The van der Waals surface area contributed by atoms with Gasteiger partial charge in [0.05, 0.1) is 6.10 Å². The second kappa shape index (κ2) is 5.15. The highest BCUT2D eigenvalue weighted by Gasteiger charge is 2.15. The smallest absolute Gasteiger partial charge is 0.125 e. The number of halogens is 2. The van der Waals surface area contributed by atoms with Crippen molar-refractivity contribution in [3.05, 3.63) is 34.6 Å². The molecule has 0 saturated heterocycles.